The molecule has 0 fully saturated rings. The van der Waals surface area contributed by atoms with Crippen LogP contribution in [0, 0.1) is 5.82 Å². The van der Waals surface area contributed by atoms with Crippen molar-refractivity contribution in [2.45, 2.75) is 0 Å². The van der Waals surface area contributed by atoms with E-state index in [2.05, 4.69) is 0 Å². The van der Waals surface area contributed by atoms with Gasteiger partial charge in [-0.05, 0) is 24.3 Å². The standard InChI is InChI=1S/C14H8ClFO/c15-10-5-3-6-11(16)14(10)13-8-9-4-1-2-7-12(9)17-13/h1-8H. The molecule has 0 radical (unpaired) electrons. The van der Waals surface area contributed by atoms with Crippen LogP contribution in [0.3, 0.4) is 0 Å². The molecule has 1 aromatic heterocycles. The van der Waals surface area contributed by atoms with Gasteiger partial charge in [-0.25, -0.2) is 4.39 Å². The number of hydrogen-bond acceptors (Lipinski definition) is 1. The van der Waals surface area contributed by atoms with Gasteiger partial charge in [0.1, 0.15) is 17.2 Å². The molecule has 0 amide bonds. The molecule has 1 nitrogen and oxygen atoms in total. The van der Waals surface area contributed by atoms with E-state index < -0.39 is 0 Å². The maximum atomic E-state index is 13.7. The lowest BCUT2D eigenvalue weighted by Crippen LogP contribution is -1.82. The SMILES string of the molecule is Fc1cccc(Cl)c1-c1cc2ccccc2o1. The lowest BCUT2D eigenvalue weighted by Gasteiger charge is -2.01. The molecular formula is C14H8ClFO. The molecule has 2 aromatic carbocycles. The number of halogens is 2. The lowest BCUT2D eigenvalue weighted by molar-refractivity contribution is 0.601. The van der Waals surface area contributed by atoms with Crippen molar-refractivity contribution in [3.63, 3.8) is 0 Å². The summed E-state index contributed by atoms with van der Waals surface area (Å²) in [4.78, 5) is 0. The minimum atomic E-state index is -0.378. The van der Waals surface area contributed by atoms with Gasteiger partial charge >= 0.3 is 0 Å². The topological polar surface area (TPSA) is 13.1 Å². The normalized spacial score (nSPS) is 10.9. The maximum Gasteiger partial charge on any atom is 0.139 e. The smallest absolute Gasteiger partial charge is 0.139 e. The first kappa shape index (κ1) is 10.4. The summed E-state index contributed by atoms with van der Waals surface area (Å²) < 4.78 is 19.3. The van der Waals surface area contributed by atoms with Crippen molar-refractivity contribution in [2.75, 3.05) is 0 Å². The van der Waals surface area contributed by atoms with Gasteiger partial charge in [0.05, 0.1) is 10.6 Å². The Morgan fingerprint density at radius 3 is 2.59 bits per heavy atom. The molecule has 3 rings (SSSR count). The zero-order valence-corrected chi connectivity index (χ0v) is 9.54. The molecule has 0 spiro atoms. The highest BCUT2D eigenvalue weighted by Gasteiger charge is 2.13. The Balaban J connectivity index is 2.27. The van der Waals surface area contributed by atoms with Crippen molar-refractivity contribution in [2.24, 2.45) is 0 Å². The van der Waals surface area contributed by atoms with Crippen LogP contribution in [0.4, 0.5) is 4.39 Å². The van der Waals surface area contributed by atoms with Crippen LogP contribution in [0.2, 0.25) is 5.02 Å². The lowest BCUT2D eigenvalue weighted by atomic mass is 10.1. The molecule has 3 heteroatoms. The number of benzene rings is 2. The molecule has 0 N–H and O–H groups in total. The maximum absolute atomic E-state index is 13.7. The summed E-state index contributed by atoms with van der Waals surface area (Å²) >= 11 is 5.99. The third kappa shape index (κ3) is 1.71. The summed E-state index contributed by atoms with van der Waals surface area (Å²) in [5.74, 6) is 0.0749. The van der Waals surface area contributed by atoms with Gasteiger partial charge < -0.3 is 4.42 Å². The molecule has 3 aromatic rings. The van der Waals surface area contributed by atoms with Crippen LogP contribution in [-0.2, 0) is 0 Å². The first-order chi connectivity index (χ1) is 8.25. The molecule has 17 heavy (non-hydrogen) atoms. The van der Waals surface area contributed by atoms with E-state index in [1.165, 1.54) is 6.07 Å². The molecule has 0 saturated heterocycles. The van der Waals surface area contributed by atoms with E-state index in [4.69, 9.17) is 16.0 Å². The van der Waals surface area contributed by atoms with Gasteiger partial charge in [0.2, 0.25) is 0 Å². The number of hydrogen-bond donors (Lipinski definition) is 0. The Morgan fingerprint density at radius 2 is 1.82 bits per heavy atom. The highest BCUT2D eigenvalue weighted by molar-refractivity contribution is 6.33. The van der Waals surface area contributed by atoms with Crippen LogP contribution in [0.5, 0.6) is 0 Å². The quantitative estimate of drug-likeness (QED) is 0.596. The van der Waals surface area contributed by atoms with E-state index in [0.717, 1.165) is 11.0 Å². The zero-order chi connectivity index (χ0) is 11.8. The van der Waals surface area contributed by atoms with Gasteiger partial charge in [-0.2, -0.15) is 0 Å². The van der Waals surface area contributed by atoms with Crippen molar-refractivity contribution < 1.29 is 8.81 Å². The summed E-state index contributed by atoms with van der Waals surface area (Å²) in [6.07, 6.45) is 0. The van der Waals surface area contributed by atoms with Crippen LogP contribution in [0.25, 0.3) is 22.3 Å². The van der Waals surface area contributed by atoms with Crippen LogP contribution >= 0.6 is 11.6 Å². The summed E-state index contributed by atoms with van der Waals surface area (Å²) in [5, 5.41) is 1.28. The summed E-state index contributed by atoms with van der Waals surface area (Å²) in [7, 11) is 0. The molecular weight excluding hydrogens is 239 g/mol. The summed E-state index contributed by atoms with van der Waals surface area (Å²) in [6.45, 7) is 0. The monoisotopic (exact) mass is 246 g/mol. The molecule has 0 bridgehead atoms. The molecule has 0 aliphatic carbocycles. The molecule has 84 valence electrons. The minimum Gasteiger partial charge on any atom is -0.456 e. The van der Waals surface area contributed by atoms with E-state index in [-0.39, 0.29) is 5.82 Å². The molecule has 0 unspecified atom stereocenters. The molecule has 0 saturated carbocycles. The van der Waals surface area contributed by atoms with E-state index in [0.29, 0.717) is 16.3 Å². The first-order valence-electron chi connectivity index (χ1n) is 5.18. The van der Waals surface area contributed by atoms with Gasteiger partial charge in [0.15, 0.2) is 0 Å². The van der Waals surface area contributed by atoms with Crippen molar-refractivity contribution in [3.8, 4) is 11.3 Å². The van der Waals surface area contributed by atoms with Gasteiger partial charge in [-0.15, -0.1) is 0 Å². The Hall–Kier alpha value is -1.80. The van der Waals surface area contributed by atoms with Crippen molar-refractivity contribution in [1.29, 1.82) is 0 Å². The highest BCUT2D eigenvalue weighted by atomic mass is 35.5. The number of para-hydroxylation sites is 1. The van der Waals surface area contributed by atoms with Crippen molar-refractivity contribution in [3.05, 3.63) is 59.4 Å². The Labute approximate surface area is 102 Å². The van der Waals surface area contributed by atoms with E-state index >= 15 is 0 Å². The third-order valence-corrected chi connectivity index (χ3v) is 2.95. The van der Waals surface area contributed by atoms with Gasteiger partial charge in [0, 0.05) is 5.39 Å². The fourth-order valence-corrected chi connectivity index (χ4v) is 2.09. The van der Waals surface area contributed by atoms with E-state index in [1.54, 1.807) is 18.2 Å². The Kier molecular flexibility index (Phi) is 2.37. The Bertz CT molecular complexity index is 634. The highest BCUT2D eigenvalue weighted by Crippen LogP contribution is 2.34. The average molecular weight is 247 g/mol. The van der Waals surface area contributed by atoms with Crippen LogP contribution < -0.4 is 0 Å². The van der Waals surface area contributed by atoms with Crippen molar-refractivity contribution in [1.82, 2.24) is 0 Å². The van der Waals surface area contributed by atoms with Crippen LogP contribution in [0.15, 0.2) is 52.9 Å². The molecule has 0 atom stereocenters. The summed E-state index contributed by atoms with van der Waals surface area (Å²) in [6, 6.07) is 13.9. The molecule has 0 aliphatic heterocycles. The zero-order valence-electron chi connectivity index (χ0n) is 8.78. The second kappa shape index (κ2) is 3.90. The molecule has 0 aliphatic rings. The van der Waals surface area contributed by atoms with Gasteiger partial charge in [0.25, 0.3) is 0 Å². The van der Waals surface area contributed by atoms with Crippen LogP contribution in [-0.4, -0.2) is 0 Å². The predicted octanol–water partition coefficient (Wildman–Crippen LogP) is 4.89. The van der Waals surface area contributed by atoms with Crippen molar-refractivity contribution >= 4 is 22.6 Å². The average Bonchev–Trinajstić information content (AvgIpc) is 2.71. The third-order valence-electron chi connectivity index (χ3n) is 2.63. The van der Waals surface area contributed by atoms with Gasteiger partial charge in [-0.1, -0.05) is 35.9 Å². The Morgan fingerprint density at radius 1 is 1.00 bits per heavy atom. The number of furan rings is 1. The largest absolute Gasteiger partial charge is 0.456 e. The van der Waals surface area contributed by atoms with E-state index in [1.807, 2.05) is 24.3 Å². The van der Waals surface area contributed by atoms with E-state index in [9.17, 15) is 4.39 Å². The fraction of sp³-hybridized carbons (Fsp3) is 0. The molecule has 1 heterocycles. The van der Waals surface area contributed by atoms with Crippen LogP contribution in [0.1, 0.15) is 0 Å². The summed E-state index contributed by atoms with van der Waals surface area (Å²) in [5.41, 5.74) is 1.03. The fourth-order valence-electron chi connectivity index (χ4n) is 1.84. The number of rotatable bonds is 1. The van der Waals surface area contributed by atoms with Gasteiger partial charge in [-0.3, -0.25) is 0 Å². The predicted molar refractivity (Wildman–Crippen MR) is 66.6 cm³/mol. The minimum absolute atomic E-state index is 0.311. The number of fused-ring (bicyclic) bond motifs is 1. The second-order valence-corrected chi connectivity index (χ2v) is 4.15. The first-order valence-corrected chi connectivity index (χ1v) is 5.56. The second-order valence-electron chi connectivity index (χ2n) is 3.75.